The number of hydrogen-bond donors (Lipinski definition) is 1. The molecule has 1 heterocycles. The third kappa shape index (κ3) is 4.34. The standard InChI is InChI=1S/C18H27N3O/c1-14(2)18(15-7-9-17(22-4)10-8-15)20-11-5-6-16-12-19-13-21(16)3/h7-10,12-14,18,20H,5-6,11H2,1-4H3/t18-/m1/s1. The summed E-state index contributed by atoms with van der Waals surface area (Å²) in [6.07, 6.45) is 5.97. The summed E-state index contributed by atoms with van der Waals surface area (Å²) >= 11 is 0. The molecular formula is C18H27N3O. The largest absolute Gasteiger partial charge is 0.497 e. The molecule has 2 rings (SSSR count). The fourth-order valence-electron chi connectivity index (χ4n) is 2.70. The molecule has 1 atom stereocenters. The Morgan fingerprint density at radius 3 is 2.50 bits per heavy atom. The van der Waals surface area contributed by atoms with Gasteiger partial charge in [-0.2, -0.15) is 0 Å². The number of hydrogen-bond acceptors (Lipinski definition) is 3. The van der Waals surface area contributed by atoms with Crippen LogP contribution < -0.4 is 10.1 Å². The van der Waals surface area contributed by atoms with E-state index in [0.29, 0.717) is 12.0 Å². The minimum atomic E-state index is 0.373. The van der Waals surface area contributed by atoms with Gasteiger partial charge in [-0.05, 0) is 43.0 Å². The highest BCUT2D eigenvalue weighted by Gasteiger charge is 2.15. The molecule has 4 nitrogen and oxygen atoms in total. The van der Waals surface area contributed by atoms with Crippen LogP contribution in [-0.4, -0.2) is 23.2 Å². The molecule has 1 aromatic carbocycles. The highest BCUT2D eigenvalue weighted by Crippen LogP contribution is 2.23. The van der Waals surface area contributed by atoms with Crippen LogP contribution in [0.15, 0.2) is 36.8 Å². The molecule has 1 N–H and O–H groups in total. The molecular weight excluding hydrogens is 274 g/mol. The topological polar surface area (TPSA) is 39.1 Å². The molecule has 0 bridgehead atoms. The van der Waals surface area contributed by atoms with Crippen molar-refractivity contribution in [3.63, 3.8) is 0 Å². The molecule has 4 heteroatoms. The van der Waals surface area contributed by atoms with Crippen molar-refractivity contribution in [1.29, 1.82) is 0 Å². The molecule has 120 valence electrons. The van der Waals surface area contributed by atoms with E-state index in [9.17, 15) is 0 Å². The van der Waals surface area contributed by atoms with Crippen LogP contribution in [0.25, 0.3) is 0 Å². The third-order valence-corrected chi connectivity index (χ3v) is 4.03. The van der Waals surface area contributed by atoms with Crippen LogP contribution in [0.4, 0.5) is 0 Å². The average Bonchev–Trinajstić information content (AvgIpc) is 2.92. The van der Waals surface area contributed by atoms with Crippen molar-refractivity contribution in [2.45, 2.75) is 32.7 Å². The molecule has 0 spiro atoms. The van der Waals surface area contributed by atoms with Gasteiger partial charge in [-0.1, -0.05) is 26.0 Å². The lowest BCUT2D eigenvalue weighted by Crippen LogP contribution is -2.27. The molecule has 22 heavy (non-hydrogen) atoms. The summed E-state index contributed by atoms with van der Waals surface area (Å²) in [6, 6.07) is 8.73. The summed E-state index contributed by atoms with van der Waals surface area (Å²) in [5.74, 6) is 1.45. The normalized spacial score (nSPS) is 12.6. The molecule has 0 saturated carbocycles. The van der Waals surface area contributed by atoms with E-state index in [4.69, 9.17) is 4.74 Å². The number of rotatable bonds is 8. The second kappa shape index (κ2) is 7.99. The van der Waals surface area contributed by atoms with E-state index >= 15 is 0 Å². The van der Waals surface area contributed by atoms with E-state index in [1.165, 1.54) is 11.3 Å². The minimum Gasteiger partial charge on any atom is -0.497 e. The Morgan fingerprint density at radius 1 is 1.23 bits per heavy atom. The molecule has 0 radical (unpaired) electrons. The summed E-state index contributed by atoms with van der Waals surface area (Å²) in [5, 5.41) is 3.68. The first-order valence-electron chi connectivity index (χ1n) is 7.94. The van der Waals surface area contributed by atoms with Crippen molar-refractivity contribution in [2.24, 2.45) is 13.0 Å². The van der Waals surface area contributed by atoms with E-state index in [2.05, 4.69) is 40.8 Å². The summed E-state index contributed by atoms with van der Waals surface area (Å²) in [6.45, 7) is 5.51. The Morgan fingerprint density at radius 2 is 1.95 bits per heavy atom. The highest BCUT2D eigenvalue weighted by molar-refractivity contribution is 5.29. The van der Waals surface area contributed by atoms with Gasteiger partial charge >= 0.3 is 0 Å². The molecule has 0 aliphatic rings. The van der Waals surface area contributed by atoms with Crippen LogP contribution in [0.3, 0.4) is 0 Å². The maximum atomic E-state index is 5.23. The number of aromatic nitrogens is 2. The van der Waals surface area contributed by atoms with Gasteiger partial charge in [0, 0.05) is 25.0 Å². The molecule has 1 aromatic heterocycles. The van der Waals surface area contributed by atoms with Crippen molar-refractivity contribution in [3.8, 4) is 5.75 Å². The second-order valence-corrected chi connectivity index (χ2v) is 6.05. The van der Waals surface area contributed by atoms with Gasteiger partial charge in [0.1, 0.15) is 5.75 Å². The zero-order chi connectivity index (χ0) is 15.9. The minimum absolute atomic E-state index is 0.373. The average molecular weight is 301 g/mol. The number of ether oxygens (including phenoxy) is 1. The van der Waals surface area contributed by atoms with Crippen LogP contribution in [0.2, 0.25) is 0 Å². The van der Waals surface area contributed by atoms with Crippen molar-refractivity contribution >= 4 is 0 Å². The fourth-order valence-corrected chi connectivity index (χ4v) is 2.70. The van der Waals surface area contributed by atoms with Crippen molar-refractivity contribution in [3.05, 3.63) is 48.0 Å². The number of methoxy groups -OCH3 is 1. The van der Waals surface area contributed by atoms with Gasteiger partial charge in [0.15, 0.2) is 0 Å². The quantitative estimate of drug-likeness (QED) is 0.760. The Kier molecular flexibility index (Phi) is 6.01. The first kappa shape index (κ1) is 16.6. The van der Waals surface area contributed by atoms with E-state index < -0.39 is 0 Å². The fraction of sp³-hybridized carbons (Fsp3) is 0.500. The predicted molar refractivity (Wildman–Crippen MR) is 90.1 cm³/mol. The van der Waals surface area contributed by atoms with Crippen LogP contribution >= 0.6 is 0 Å². The Bertz CT molecular complexity index is 560. The number of aryl methyl sites for hydroxylation is 2. The van der Waals surface area contributed by atoms with E-state index in [1.54, 1.807) is 7.11 Å². The van der Waals surface area contributed by atoms with Gasteiger partial charge in [-0.25, -0.2) is 4.98 Å². The van der Waals surface area contributed by atoms with Gasteiger partial charge in [-0.15, -0.1) is 0 Å². The molecule has 0 fully saturated rings. The lowest BCUT2D eigenvalue weighted by atomic mass is 9.96. The first-order valence-corrected chi connectivity index (χ1v) is 7.94. The molecule has 0 aliphatic carbocycles. The summed E-state index contributed by atoms with van der Waals surface area (Å²) in [5.41, 5.74) is 2.60. The van der Waals surface area contributed by atoms with Crippen LogP contribution in [-0.2, 0) is 13.5 Å². The molecule has 2 aromatic rings. The zero-order valence-corrected chi connectivity index (χ0v) is 14.0. The van der Waals surface area contributed by atoms with Gasteiger partial charge in [0.25, 0.3) is 0 Å². The number of nitrogens with zero attached hydrogens (tertiary/aromatic N) is 2. The Balaban J connectivity index is 1.87. The predicted octanol–water partition coefficient (Wildman–Crippen LogP) is 3.35. The van der Waals surface area contributed by atoms with Crippen molar-refractivity contribution < 1.29 is 4.74 Å². The van der Waals surface area contributed by atoms with Gasteiger partial charge in [-0.3, -0.25) is 0 Å². The van der Waals surface area contributed by atoms with Crippen LogP contribution in [0, 0.1) is 5.92 Å². The van der Waals surface area contributed by atoms with E-state index in [0.717, 1.165) is 25.1 Å². The van der Waals surface area contributed by atoms with E-state index in [-0.39, 0.29) is 0 Å². The number of benzene rings is 1. The zero-order valence-electron chi connectivity index (χ0n) is 14.0. The van der Waals surface area contributed by atoms with Crippen LogP contribution in [0.1, 0.15) is 37.6 Å². The SMILES string of the molecule is COc1ccc([C@H](NCCCc2cncn2C)C(C)C)cc1. The lowest BCUT2D eigenvalue weighted by molar-refractivity contribution is 0.403. The third-order valence-electron chi connectivity index (χ3n) is 4.03. The van der Waals surface area contributed by atoms with Gasteiger partial charge < -0.3 is 14.6 Å². The van der Waals surface area contributed by atoms with Crippen molar-refractivity contribution in [2.75, 3.05) is 13.7 Å². The number of nitrogens with one attached hydrogen (secondary N) is 1. The highest BCUT2D eigenvalue weighted by atomic mass is 16.5. The van der Waals surface area contributed by atoms with Gasteiger partial charge in [0.05, 0.1) is 13.4 Å². The molecule has 0 unspecified atom stereocenters. The first-order chi connectivity index (χ1) is 10.6. The number of imidazole rings is 1. The molecule has 0 aliphatic heterocycles. The summed E-state index contributed by atoms with van der Waals surface area (Å²) in [7, 11) is 3.75. The maximum Gasteiger partial charge on any atom is 0.118 e. The van der Waals surface area contributed by atoms with Gasteiger partial charge in [0.2, 0.25) is 0 Å². The Hall–Kier alpha value is -1.81. The lowest BCUT2D eigenvalue weighted by Gasteiger charge is -2.23. The second-order valence-electron chi connectivity index (χ2n) is 6.05. The summed E-state index contributed by atoms with van der Waals surface area (Å²) < 4.78 is 7.32. The molecule has 0 amide bonds. The summed E-state index contributed by atoms with van der Waals surface area (Å²) in [4.78, 5) is 4.16. The monoisotopic (exact) mass is 301 g/mol. The van der Waals surface area contributed by atoms with Crippen molar-refractivity contribution in [1.82, 2.24) is 14.9 Å². The molecule has 0 saturated heterocycles. The Labute approximate surface area is 133 Å². The maximum absolute atomic E-state index is 5.23. The smallest absolute Gasteiger partial charge is 0.118 e. The van der Waals surface area contributed by atoms with E-state index in [1.807, 2.05) is 31.7 Å². The van der Waals surface area contributed by atoms with Crippen LogP contribution in [0.5, 0.6) is 5.75 Å².